The van der Waals surface area contributed by atoms with E-state index >= 15 is 0 Å². The molecule has 0 fully saturated rings. The minimum atomic E-state index is -0.345. The van der Waals surface area contributed by atoms with E-state index in [2.05, 4.69) is 26.7 Å². The molecule has 154 valence electrons. The van der Waals surface area contributed by atoms with E-state index in [4.69, 9.17) is 16.6 Å². The molecular weight excluding hydrogens is 439 g/mol. The Morgan fingerprint density at radius 2 is 2.00 bits per heavy atom. The van der Waals surface area contributed by atoms with Crippen LogP contribution in [0.5, 0.6) is 0 Å². The molecule has 3 heterocycles. The van der Waals surface area contributed by atoms with E-state index in [1.165, 1.54) is 6.07 Å². The van der Waals surface area contributed by atoms with Crippen LogP contribution >= 0.6 is 34.3 Å². The highest BCUT2D eigenvalue weighted by molar-refractivity contribution is 7.16. The summed E-state index contributed by atoms with van der Waals surface area (Å²) < 4.78 is 13.8. The lowest BCUT2D eigenvalue weighted by atomic mass is 10.1. The maximum Gasteiger partial charge on any atom is 0.147 e. The first-order valence-corrected chi connectivity index (χ1v) is 11.6. The smallest absolute Gasteiger partial charge is 0.147 e. The minimum absolute atomic E-state index is 0.345. The van der Waals surface area contributed by atoms with Crippen LogP contribution in [-0.2, 0) is 12.8 Å². The quantitative estimate of drug-likeness (QED) is 0.352. The van der Waals surface area contributed by atoms with E-state index in [0.717, 1.165) is 44.0 Å². The number of halogens is 2. The van der Waals surface area contributed by atoms with Crippen molar-refractivity contribution in [1.29, 1.82) is 0 Å². The molecule has 4 aromatic rings. The second-order valence-corrected chi connectivity index (χ2v) is 9.49. The first-order valence-electron chi connectivity index (χ1n) is 9.49. The van der Waals surface area contributed by atoms with Gasteiger partial charge in [0.15, 0.2) is 0 Å². The Morgan fingerprint density at radius 3 is 2.70 bits per heavy atom. The third-order valence-corrected chi connectivity index (χ3v) is 6.75. The highest BCUT2D eigenvalue weighted by Gasteiger charge is 2.12. The van der Waals surface area contributed by atoms with Crippen molar-refractivity contribution in [2.75, 3.05) is 11.9 Å². The summed E-state index contributed by atoms with van der Waals surface area (Å²) in [5, 5.41) is 7.67. The van der Waals surface area contributed by atoms with Gasteiger partial charge in [0, 0.05) is 35.3 Å². The summed E-state index contributed by atoms with van der Waals surface area (Å²) in [5.74, 6) is -0.345. The Balaban J connectivity index is 1.33. The maximum atomic E-state index is 13.8. The van der Waals surface area contributed by atoms with Gasteiger partial charge < -0.3 is 5.32 Å². The molecule has 1 aromatic carbocycles. The van der Waals surface area contributed by atoms with E-state index in [1.807, 2.05) is 26.1 Å². The van der Waals surface area contributed by atoms with Gasteiger partial charge in [0.25, 0.3) is 0 Å². The zero-order chi connectivity index (χ0) is 21.1. The number of hydrogen-bond donors (Lipinski definition) is 1. The fourth-order valence-corrected chi connectivity index (χ4v) is 5.02. The monoisotopic (exact) mass is 458 g/mol. The van der Waals surface area contributed by atoms with E-state index < -0.39 is 0 Å². The number of aryl methyl sites for hydroxylation is 2. The van der Waals surface area contributed by atoms with Crippen LogP contribution in [-0.4, -0.2) is 21.5 Å². The number of anilines is 1. The zero-order valence-corrected chi connectivity index (χ0v) is 19.0. The molecule has 4 rings (SSSR count). The molecule has 0 saturated carbocycles. The highest BCUT2D eigenvalue weighted by atomic mass is 35.5. The Bertz CT molecular complexity index is 1150. The highest BCUT2D eigenvalue weighted by Crippen LogP contribution is 2.31. The van der Waals surface area contributed by atoms with Crippen molar-refractivity contribution in [1.82, 2.24) is 15.0 Å². The van der Waals surface area contributed by atoms with E-state index in [9.17, 15) is 4.39 Å². The van der Waals surface area contributed by atoms with Gasteiger partial charge in [-0.25, -0.2) is 14.4 Å². The summed E-state index contributed by atoms with van der Waals surface area (Å²) in [7, 11) is 0. The summed E-state index contributed by atoms with van der Waals surface area (Å²) in [5.41, 5.74) is 4.55. The van der Waals surface area contributed by atoms with Crippen molar-refractivity contribution in [3.05, 3.63) is 79.7 Å². The van der Waals surface area contributed by atoms with Gasteiger partial charge in [-0.1, -0.05) is 17.7 Å². The molecule has 30 heavy (non-hydrogen) atoms. The number of nitrogens with zero attached hydrogens (tertiary/aromatic N) is 3. The molecule has 1 N–H and O–H groups in total. The molecule has 4 nitrogen and oxygen atoms in total. The lowest BCUT2D eigenvalue weighted by Gasteiger charge is -2.08. The minimum Gasteiger partial charge on any atom is -0.382 e. The zero-order valence-electron chi connectivity index (χ0n) is 16.6. The molecule has 0 atom stereocenters. The predicted octanol–water partition coefficient (Wildman–Crippen LogP) is 6.32. The van der Waals surface area contributed by atoms with Gasteiger partial charge in [-0.15, -0.1) is 22.7 Å². The van der Waals surface area contributed by atoms with Crippen LogP contribution in [0.2, 0.25) is 5.02 Å². The second-order valence-electron chi connectivity index (χ2n) is 6.91. The predicted molar refractivity (Wildman–Crippen MR) is 123 cm³/mol. The van der Waals surface area contributed by atoms with Gasteiger partial charge in [0.1, 0.15) is 5.82 Å². The Kier molecular flexibility index (Phi) is 6.41. The number of nitrogens with one attached hydrogen (secondary N) is 1. The number of rotatable bonds is 7. The molecule has 0 aliphatic rings. The van der Waals surface area contributed by atoms with Crippen LogP contribution in [0.15, 0.2) is 41.9 Å². The third kappa shape index (κ3) is 5.03. The second kappa shape index (κ2) is 9.20. The number of thiazole rings is 2. The van der Waals surface area contributed by atoms with Crippen LogP contribution in [0.3, 0.4) is 0 Å². The van der Waals surface area contributed by atoms with E-state index in [0.29, 0.717) is 23.7 Å². The first-order chi connectivity index (χ1) is 14.5. The third-order valence-electron chi connectivity index (χ3n) is 4.57. The standard InChI is InChI=1S/C22H20ClFN4S2/c1-13-22(30-14(2)27-13)20-12-29-21(28-20)10-17-5-3-15(11-26-17)7-8-25-19-6-4-16(23)9-18(19)24/h3-6,9,11-12,25H,7-8,10H2,1-2H3. The topological polar surface area (TPSA) is 50.7 Å². The van der Waals surface area contributed by atoms with Crippen molar-refractivity contribution in [3.63, 3.8) is 0 Å². The largest absolute Gasteiger partial charge is 0.382 e. The molecule has 0 unspecified atom stereocenters. The fourth-order valence-electron chi connectivity index (χ4n) is 3.10. The molecule has 0 radical (unpaired) electrons. The van der Waals surface area contributed by atoms with Crippen molar-refractivity contribution in [2.45, 2.75) is 26.7 Å². The van der Waals surface area contributed by atoms with Gasteiger partial charge in [-0.2, -0.15) is 0 Å². The van der Waals surface area contributed by atoms with E-state index in [-0.39, 0.29) is 5.82 Å². The Hall–Kier alpha value is -2.35. The van der Waals surface area contributed by atoms with Gasteiger partial charge in [-0.3, -0.25) is 4.98 Å². The number of hydrogen-bond acceptors (Lipinski definition) is 6. The van der Waals surface area contributed by atoms with Gasteiger partial charge in [0.2, 0.25) is 0 Å². The fraction of sp³-hybridized carbons (Fsp3) is 0.227. The first kappa shape index (κ1) is 20.9. The van der Waals surface area contributed by atoms with Crippen LogP contribution < -0.4 is 5.32 Å². The van der Waals surface area contributed by atoms with E-state index in [1.54, 1.807) is 34.8 Å². The summed E-state index contributed by atoms with van der Waals surface area (Å²) in [6, 6.07) is 8.72. The molecule has 0 saturated heterocycles. The van der Waals surface area contributed by atoms with Gasteiger partial charge in [0.05, 0.1) is 32.0 Å². The van der Waals surface area contributed by atoms with Crippen LogP contribution in [0.1, 0.15) is 27.0 Å². The average molecular weight is 459 g/mol. The molecule has 0 bridgehead atoms. The van der Waals surface area contributed by atoms with Crippen LogP contribution in [0, 0.1) is 19.7 Å². The molecule has 0 aliphatic carbocycles. The Labute approximate surface area is 187 Å². The average Bonchev–Trinajstić information content (AvgIpc) is 3.30. The molecule has 3 aromatic heterocycles. The summed E-state index contributed by atoms with van der Waals surface area (Å²) in [4.78, 5) is 15.0. The van der Waals surface area contributed by atoms with Gasteiger partial charge >= 0.3 is 0 Å². The molecular formula is C22H20ClFN4S2. The summed E-state index contributed by atoms with van der Waals surface area (Å²) in [6.07, 6.45) is 3.33. The summed E-state index contributed by atoms with van der Waals surface area (Å²) in [6.45, 7) is 4.65. The summed E-state index contributed by atoms with van der Waals surface area (Å²) >= 11 is 9.10. The van der Waals surface area contributed by atoms with Crippen LogP contribution in [0.25, 0.3) is 10.6 Å². The lowest BCUT2D eigenvalue weighted by molar-refractivity contribution is 0.630. The number of pyridine rings is 1. The molecule has 0 aliphatic heterocycles. The van der Waals surface area contributed by atoms with Gasteiger partial charge in [-0.05, 0) is 50.1 Å². The maximum absolute atomic E-state index is 13.8. The normalized spacial score (nSPS) is 11.1. The van der Waals surface area contributed by atoms with Crippen molar-refractivity contribution in [3.8, 4) is 10.6 Å². The Morgan fingerprint density at radius 1 is 1.13 bits per heavy atom. The SMILES string of the molecule is Cc1nc(C)c(-c2csc(Cc3ccc(CCNc4ccc(Cl)cc4F)cn3)n2)s1. The molecule has 0 spiro atoms. The number of benzene rings is 1. The van der Waals surface area contributed by atoms with Crippen molar-refractivity contribution < 1.29 is 4.39 Å². The number of aromatic nitrogens is 3. The van der Waals surface area contributed by atoms with Crippen LogP contribution in [0.4, 0.5) is 10.1 Å². The lowest BCUT2D eigenvalue weighted by Crippen LogP contribution is -2.06. The molecule has 8 heteroatoms. The van der Waals surface area contributed by atoms with Crippen molar-refractivity contribution >= 4 is 40.0 Å². The molecule has 0 amide bonds. The van der Waals surface area contributed by atoms with Crippen molar-refractivity contribution in [2.24, 2.45) is 0 Å².